The van der Waals surface area contributed by atoms with Crippen LogP contribution in [0.5, 0.6) is 0 Å². The second-order valence-corrected chi connectivity index (χ2v) is 24.4. The monoisotopic (exact) mass is 959 g/mol. The van der Waals surface area contributed by atoms with Crippen LogP contribution in [0.2, 0.25) is 18.1 Å². The first kappa shape index (κ1) is 59.7. The van der Waals surface area contributed by atoms with Crippen molar-refractivity contribution in [2.24, 2.45) is 17.8 Å². The van der Waals surface area contributed by atoms with Crippen LogP contribution < -0.4 is 10.3 Å². The minimum Gasteiger partial charge on any atom is -0.741 e. The van der Waals surface area contributed by atoms with E-state index in [9.17, 15) is 27.9 Å². The van der Waals surface area contributed by atoms with E-state index in [0.29, 0.717) is 6.04 Å². The smallest absolute Gasteiger partial charge is 0.610 e. The van der Waals surface area contributed by atoms with Gasteiger partial charge in [0.1, 0.15) is 12.3 Å². The molecule has 2 heterocycles. The third kappa shape index (κ3) is 18.8. The average Bonchev–Trinajstić information content (AvgIpc) is 3.88. The minimum absolute atomic E-state index is 0.0286. The van der Waals surface area contributed by atoms with Gasteiger partial charge < -0.3 is 33.1 Å². The maximum atomic E-state index is 10.7. The Hall–Kier alpha value is -4.32. The van der Waals surface area contributed by atoms with Crippen molar-refractivity contribution in [1.29, 1.82) is 0 Å². The summed E-state index contributed by atoms with van der Waals surface area (Å²) in [5, 5.41) is 9.85. The first-order valence-corrected chi connectivity index (χ1v) is 26.5. The highest BCUT2D eigenvalue weighted by atomic mass is 32.2. The Morgan fingerprint density at radius 3 is 1.77 bits per heavy atom. The summed E-state index contributed by atoms with van der Waals surface area (Å²) >= 11 is 0. The molecule has 0 saturated carbocycles. The van der Waals surface area contributed by atoms with Crippen LogP contribution in [0.1, 0.15) is 93.2 Å². The molecule has 0 radical (unpaired) electrons. The number of carbonyl (C=O) groups excluding carboxylic acids is 2. The van der Waals surface area contributed by atoms with Crippen molar-refractivity contribution in [3.05, 3.63) is 138 Å². The van der Waals surface area contributed by atoms with Gasteiger partial charge in [-0.1, -0.05) is 165 Å². The second kappa shape index (κ2) is 27.5. The second-order valence-electron chi connectivity index (χ2n) is 18.3. The molecule has 1 unspecified atom stereocenters. The van der Waals surface area contributed by atoms with Crippen LogP contribution in [0.3, 0.4) is 0 Å². The summed E-state index contributed by atoms with van der Waals surface area (Å²) in [7, 11) is -6.29. The molecule has 0 spiro atoms. The van der Waals surface area contributed by atoms with Crippen LogP contribution in [0.25, 0.3) is 0 Å². The molecule has 2 aliphatic rings. The van der Waals surface area contributed by atoms with Crippen LogP contribution in [0.4, 0.5) is 13.2 Å². The lowest BCUT2D eigenvalue weighted by molar-refractivity contribution is -0.799. The molecule has 2 saturated heterocycles. The number of halogens is 3. The van der Waals surface area contributed by atoms with Crippen molar-refractivity contribution in [3.63, 3.8) is 0 Å². The SMILES string of the molecule is C/C=C\C=C(\C)O[Si](C)(C)C(C)(C)C.CC(C)C=O.COC(=O)/C=C/[C@@H](C)[C@H](O)C(C)C.O=S(=O)([O-])C(F)(F)F.c1ccc(B2OC(c3ccccc3)(c3ccccc3)[C@H]3CCC[NH+]23)cc1. The first-order valence-electron chi connectivity index (χ1n) is 22.2. The number of hydrogen-bond acceptors (Lipinski definition) is 9. The van der Waals surface area contributed by atoms with Gasteiger partial charge in [-0.25, -0.2) is 13.2 Å². The van der Waals surface area contributed by atoms with Crippen molar-refractivity contribution in [3.8, 4) is 0 Å². The van der Waals surface area contributed by atoms with Crippen LogP contribution >= 0.6 is 0 Å². The fourth-order valence-corrected chi connectivity index (χ4v) is 8.00. The van der Waals surface area contributed by atoms with Crippen LogP contribution in [0, 0.1) is 17.8 Å². The van der Waals surface area contributed by atoms with Gasteiger partial charge >= 0.3 is 18.5 Å². The van der Waals surface area contributed by atoms with E-state index in [0.717, 1.165) is 12.0 Å². The number of fused-ring (bicyclic) bond motifs is 1. The van der Waals surface area contributed by atoms with Crippen molar-refractivity contribution in [2.75, 3.05) is 13.7 Å². The molecule has 0 aromatic heterocycles. The molecule has 3 aromatic carbocycles. The van der Waals surface area contributed by atoms with E-state index in [1.807, 2.05) is 66.7 Å². The van der Waals surface area contributed by atoms with E-state index >= 15 is 0 Å². The summed E-state index contributed by atoms with van der Waals surface area (Å²) in [6.07, 6.45) is 12.0. The fourth-order valence-electron chi connectivity index (χ4n) is 6.82. The molecule has 0 amide bonds. The van der Waals surface area contributed by atoms with Crippen LogP contribution in [-0.4, -0.2) is 77.0 Å². The number of rotatable bonds is 11. The number of benzene rings is 3. The van der Waals surface area contributed by atoms with Gasteiger partial charge in [0.05, 0.1) is 25.5 Å². The molecule has 2 fully saturated rings. The Morgan fingerprint density at radius 2 is 1.39 bits per heavy atom. The van der Waals surface area contributed by atoms with Crippen molar-refractivity contribution >= 4 is 43.2 Å². The zero-order valence-corrected chi connectivity index (χ0v) is 42.8. The van der Waals surface area contributed by atoms with Gasteiger partial charge in [-0.05, 0) is 55.1 Å². The molecule has 366 valence electrons. The molecular formula is C50H73BF3NO9SSi. The summed E-state index contributed by atoms with van der Waals surface area (Å²) in [4.78, 5) is 21.8. The van der Waals surface area contributed by atoms with Crippen LogP contribution in [-0.2, 0) is 39.1 Å². The third-order valence-electron chi connectivity index (χ3n) is 11.3. The van der Waals surface area contributed by atoms with Crippen molar-refractivity contribution in [1.82, 2.24) is 0 Å². The van der Waals surface area contributed by atoms with E-state index in [1.54, 1.807) is 10.9 Å². The predicted octanol–water partition coefficient (Wildman–Crippen LogP) is 9.15. The number of esters is 1. The highest BCUT2D eigenvalue weighted by molar-refractivity contribution is 7.86. The molecule has 5 rings (SSSR count). The molecule has 2 aliphatic heterocycles. The fraction of sp³-hybridized carbons (Fsp3) is 0.480. The van der Waals surface area contributed by atoms with Gasteiger partial charge in [0.25, 0.3) is 0 Å². The summed E-state index contributed by atoms with van der Waals surface area (Å²) in [5.41, 5.74) is -2.20. The number of hydrogen-bond donors (Lipinski definition) is 2. The number of allylic oxidation sites excluding steroid dienone is 4. The van der Waals surface area contributed by atoms with Gasteiger partial charge in [-0.3, -0.25) is 0 Å². The molecule has 66 heavy (non-hydrogen) atoms. The molecule has 0 aliphatic carbocycles. The average molecular weight is 960 g/mol. The largest absolute Gasteiger partial charge is 0.741 e. The van der Waals surface area contributed by atoms with E-state index in [4.69, 9.17) is 22.1 Å². The maximum Gasteiger partial charge on any atom is 0.610 e. The van der Waals surface area contributed by atoms with E-state index in [2.05, 4.69) is 130 Å². The number of nitrogens with one attached hydrogen (secondary N) is 1. The number of aliphatic hydroxyl groups excluding tert-OH is 1. The van der Waals surface area contributed by atoms with Crippen molar-refractivity contribution < 1.29 is 59.5 Å². The van der Waals surface area contributed by atoms with Gasteiger partial charge in [0.2, 0.25) is 8.32 Å². The zero-order valence-electron chi connectivity index (χ0n) is 41.0. The van der Waals surface area contributed by atoms with Gasteiger partial charge in [-0.15, -0.1) is 0 Å². The third-order valence-corrected chi connectivity index (χ3v) is 16.3. The van der Waals surface area contributed by atoms with E-state index in [1.165, 1.54) is 49.2 Å². The topological polar surface area (TPSA) is 144 Å². The lowest BCUT2D eigenvalue weighted by Crippen LogP contribution is -3.19. The lowest BCUT2D eigenvalue weighted by Gasteiger charge is -2.36. The molecule has 10 nitrogen and oxygen atoms in total. The summed E-state index contributed by atoms with van der Waals surface area (Å²) < 4.78 is 76.4. The van der Waals surface area contributed by atoms with Gasteiger partial charge in [-0.2, -0.15) is 13.2 Å². The summed E-state index contributed by atoms with van der Waals surface area (Å²) in [5.74, 6) is 1.00. The van der Waals surface area contributed by atoms with Gasteiger partial charge in [0, 0.05) is 36.2 Å². The number of aliphatic hydroxyl groups is 1. The van der Waals surface area contributed by atoms with E-state index < -0.39 is 30.0 Å². The predicted molar refractivity (Wildman–Crippen MR) is 260 cm³/mol. The Kier molecular flexibility index (Phi) is 24.9. The van der Waals surface area contributed by atoms with Gasteiger partial charge in [0.15, 0.2) is 15.7 Å². The number of alkyl halides is 3. The Balaban J connectivity index is 0.000000466. The Labute approximate surface area is 394 Å². The summed E-state index contributed by atoms with van der Waals surface area (Å²) in [6.45, 7) is 25.9. The first-order chi connectivity index (χ1) is 30.6. The maximum absolute atomic E-state index is 10.7. The Bertz CT molecular complexity index is 2040. The molecule has 2 N–H and O–H groups in total. The normalized spacial score (nSPS) is 18.1. The highest BCUT2D eigenvalue weighted by Crippen LogP contribution is 2.42. The number of carbonyl (C=O) groups is 2. The van der Waals surface area contributed by atoms with Crippen molar-refractivity contribution in [2.45, 2.75) is 123 Å². The molecule has 16 heteroatoms. The highest BCUT2D eigenvalue weighted by Gasteiger charge is 2.64. The Morgan fingerprint density at radius 1 is 0.939 bits per heavy atom. The minimum atomic E-state index is -6.09. The summed E-state index contributed by atoms with van der Waals surface area (Å²) in [6, 6.07) is 32.8. The standard InChI is InChI=1S/C23H22BNO.C12H24OSi.C10H18O3.C4H8O.CHF3O3S/c1-4-11-19(12-5-1)23(20-13-6-2-7-14-20)22-17-10-18-25(22)24(26-23)21-15-8-3-9-16-21;1-8-9-10-11(2)13-14(6,7)12(3,4)5;1-7(2)10(12)8(3)5-6-9(11)13-4;1-4(2)3-5;2-1(3,4)8(5,6)7/h1-9,11-16,22H,10,17-18H2;8-10H,1-7H3;5-8,10,12H,1-4H3;3-4H,1-2H3;(H,5,6,7)/b;9-8-,11-10-;6-5+;;/t22-;;8-,10-;;/m1.1../s1. The molecular weight excluding hydrogens is 887 g/mol. The molecule has 4 atom stereocenters. The number of aldehydes is 1. The number of ether oxygens (including phenoxy) is 1. The molecule has 0 bridgehead atoms. The number of quaternary nitrogens is 1. The van der Waals surface area contributed by atoms with Crippen LogP contribution in [0.15, 0.2) is 127 Å². The molecule has 3 aromatic rings. The lowest BCUT2D eigenvalue weighted by atomic mass is 9.72. The quantitative estimate of drug-likeness (QED) is 0.0281. The number of methoxy groups -OCH3 is 1. The zero-order chi connectivity index (χ0) is 50.5. The van der Waals surface area contributed by atoms with E-state index in [-0.39, 0.29) is 41.4 Å².